The highest BCUT2D eigenvalue weighted by molar-refractivity contribution is 7.13. The maximum Gasteiger partial charge on any atom is 0.226 e. The number of nitrogens with one attached hydrogen (secondary N) is 2. The van der Waals surface area contributed by atoms with Crippen molar-refractivity contribution in [1.82, 2.24) is 10.3 Å². The Bertz CT molecular complexity index is 862. The van der Waals surface area contributed by atoms with Crippen molar-refractivity contribution >= 4 is 28.8 Å². The number of nitrogens with zero attached hydrogens (tertiary/aromatic N) is 1. The van der Waals surface area contributed by atoms with Crippen molar-refractivity contribution in [2.75, 3.05) is 5.32 Å². The monoisotopic (exact) mass is 365 g/mol. The zero-order chi connectivity index (χ0) is 18.4. The molecule has 3 aromatic rings. The normalized spacial score (nSPS) is 11.6. The zero-order valence-corrected chi connectivity index (χ0v) is 15.1. The van der Waals surface area contributed by atoms with Gasteiger partial charge in [0.25, 0.3) is 0 Å². The summed E-state index contributed by atoms with van der Waals surface area (Å²) < 4.78 is 0. The Hall–Kier alpha value is -2.99. The zero-order valence-electron chi connectivity index (χ0n) is 14.3. The molecule has 5 nitrogen and oxygen atoms in total. The van der Waals surface area contributed by atoms with Crippen LogP contribution in [-0.4, -0.2) is 16.8 Å². The third-order valence-electron chi connectivity index (χ3n) is 3.82. The van der Waals surface area contributed by atoms with Crippen molar-refractivity contribution in [2.45, 2.75) is 19.4 Å². The van der Waals surface area contributed by atoms with Crippen molar-refractivity contribution in [3.05, 3.63) is 71.7 Å². The van der Waals surface area contributed by atoms with Gasteiger partial charge in [-0.2, -0.15) is 0 Å². The Morgan fingerprint density at radius 3 is 2.42 bits per heavy atom. The van der Waals surface area contributed by atoms with E-state index in [1.165, 1.54) is 6.92 Å². The molecular weight excluding hydrogens is 346 g/mol. The minimum absolute atomic E-state index is 0.158. The molecule has 0 saturated carbocycles. The van der Waals surface area contributed by atoms with Crippen LogP contribution in [0.4, 0.5) is 5.69 Å². The molecule has 26 heavy (non-hydrogen) atoms. The first kappa shape index (κ1) is 17.8. The molecule has 0 aliphatic heterocycles. The Kier molecular flexibility index (Phi) is 5.76. The van der Waals surface area contributed by atoms with Crippen LogP contribution in [0.3, 0.4) is 0 Å². The van der Waals surface area contributed by atoms with E-state index in [0.717, 1.165) is 16.1 Å². The smallest absolute Gasteiger partial charge is 0.226 e. The van der Waals surface area contributed by atoms with E-state index in [4.69, 9.17) is 0 Å². The molecular formula is C20H19N3O2S. The fourth-order valence-electron chi connectivity index (χ4n) is 2.64. The highest BCUT2D eigenvalue weighted by atomic mass is 32.1. The van der Waals surface area contributed by atoms with Gasteiger partial charge in [-0.05, 0) is 29.8 Å². The summed E-state index contributed by atoms with van der Waals surface area (Å²) in [5, 5.41) is 8.58. The van der Waals surface area contributed by atoms with Crippen LogP contribution in [0.5, 0.6) is 0 Å². The van der Waals surface area contributed by atoms with Crippen molar-refractivity contribution in [3.8, 4) is 10.6 Å². The summed E-state index contributed by atoms with van der Waals surface area (Å²) in [4.78, 5) is 28.2. The van der Waals surface area contributed by atoms with Crippen LogP contribution in [0.1, 0.15) is 24.9 Å². The van der Waals surface area contributed by atoms with Gasteiger partial charge in [-0.25, -0.2) is 4.98 Å². The fraction of sp³-hybridized carbons (Fsp3) is 0.150. The van der Waals surface area contributed by atoms with Crippen LogP contribution >= 0.6 is 11.3 Å². The number of carbonyl (C=O) groups excluding carboxylic acids is 2. The summed E-state index contributed by atoms with van der Waals surface area (Å²) in [6.07, 6.45) is 1.93. The number of carbonyl (C=O) groups is 2. The molecule has 2 amide bonds. The molecule has 0 unspecified atom stereocenters. The topological polar surface area (TPSA) is 71.1 Å². The molecule has 0 radical (unpaired) electrons. The number of hydrogen-bond acceptors (Lipinski definition) is 4. The maximum atomic E-state index is 12.4. The van der Waals surface area contributed by atoms with Gasteiger partial charge < -0.3 is 10.6 Å². The highest BCUT2D eigenvalue weighted by Crippen LogP contribution is 2.24. The lowest BCUT2D eigenvalue weighted by atomic mass is 10.0. The van der Waals surface area contributed by atoms with Crippen LogP contribution in [0.15, 0.2) is 66.2 Å². The summed E-state index contributed by atoms with van der Waals surface area (Å²) >= 11 is 1.57. The Balaban J connectivity index is 1.65. The second-order valence-electron chi connectivity index (χ2n) is 5.83. The lowest BCUT2D eigenvalue weighted by molar-refractivity contribution is -0.120. The quantitative estimate of drug-likeness (QED) is 0.693. The van der Waals surface area contributed by atoms with Crippen molar-refractivity contribution < 1.29 is 9.59 Å². The van der Waals surface area contributed by atoms with Gasteiger partial charge in [0.15, 0.2) is 0 Å². The average Bonchev–Trinajstić information content (AvgIpc) is 3.17. The second kappa shape index (κ2) is 8.40. The molecule has 0 saturated heterocycles. The first-order chi connectivity index (χ1) is 12.6. The first-order valence-corrected chi connectivity index (χ1v) is 9.11. The Morgan fingerprint density at radius 1 is 1.08 bits per heavy atom. The van der Waals surface area contributed by atoms with Gasteiger partial charge in [0, 0.05) is 29.8 Å². The number of aromatic nitrogens is 1. The number of rotatable bonds is 6. The molecule has 2 N–H and O–H groups in total. The average molecular weight is 365 g/mol. The molecule has 1 aromatic heterocycles. The third kappa shape index (κ3) is 4.77. The molecule has 1 heterocycles. The van der Waals surface area contributed by atoms with Gasteiger partial charge in [0.1, 0.15) is 5.01 Å². The molecule has 1 atom stereocenters. The van der Waals surface area contributed by atoms with Crippen molar-refractivity contribution in [1.29, 1.82) is 0 Å². The largest absolute Gasteiger partial charge is 0.349 e. The van der Waals surface area contributed by atoms with Gasteiger partial charge in [-0.3, -0.25) is 9.59 Å². The standard InChI is InChI=1S/C20H19N3O2S/c1-14(24)22-18(15-5-3-2-4-6-15)13-19(25)23-17-9-7-16(8-10-17)20-21-11-12-26-20/h2-12,18H,13H2,1H3,(H,22,24)(H,23,25)/t18-/m1/s1. The number of benzene rings is 2. The van der Waals surface area contributed by atoms with Crippen LogP contribution in [0, 0.1) is 0 Å². The van der Waals surface area contributed by atoms with Gasteiger partial charge in [0.2, 0.25) is 11.8 Å². The number of thiazole rings is 1. The van der Waals surface area contributed by atoms with Gasteiger partial charge >= 0.3 is 0 Å². The fourth-order valence-corrected chi connectivity index (χ4v) is 3.29. The molecule has 0 fully saturated rings. The SMILES string of the molecule is CC(=O)N[C@H](CC(=O)Nc1ccc(-c2nccs2)cc1)c1ccccc1. The van der Waals surface area contributed by atoms with E-state index in [2.05, 4.69) is 15.6 Å². The number of hydrogen-bond donors (Lipinski definition) is 2. The van der Waals surface area contributed by atoms with Gasteiger partial charge in [-0.1, -0.05) is 30.3 Å². The molecule has 0 aliphatic rings. The summed E-state index contributed by atoms with van der Waals surface area (Å²) in [6, 6.07) is 16.7. The summed E-state index contributed by atoms with van der Waals surface area (Å²) in [5.41, 5.74) is 2.63. The van der Waals surface area contributed by atoms with Crippen molar-refractivity contribution in [3.63, 3.8) is 0 Å². The summed E-state index contributed by atoms with van der Waals surface area (Å²) in [6.45, 7) is 1.45. The molecule has 0 bridgehead atoms. The summed E-state index contributed by atoms with van der Waals surface area (Å²) in [7, 11) is 0. The molecule has 0 aliphatic carbocycles. The van der Waals surface area contributed by atoms with E-state index < -0.39 is 0 Å². The lowest BCUT2D eigenvalue weighted by Gasteiger charge is -2.18. The molecule has 6 heteroatoms. The minimum Gasteiger partial charge on any atom is -0.349 e. The molecule has 0 spiro atoms. The van der Waals surface area contributed by atoms with E-state index in [-0.39, 0.29) is 24.3 Å². The molecule has 132 valence electrons. The van der Waals surface area contributed by atoms with E-state index in [9.17, 15) is 9.59 Å². The minimum atomic E-state index is -0.358. The van der Waals surface area contributed by atoms with Gasteiger partial charge in [-0.15, -0.1) is 11.3 Å². The van der Waals surface area contributed by atoms with Crippen LogP contribution in [-0.2, 0) is 9.59 Å². The number of anilines is 1. The van der Waals surface area contributed by atoms with Crippen LogP contribution < -0.4 is 10.6 Å². The van der Waals surface area contributed by atoms with Crippen LogP contribution in [0.2, 0.25) is 0 Å². The Labute approximate surface area is 156 Å². The van der Waals surface area contributed by atoms with E-state index in [0.29, 0.717) is 5.69 Å². The predicted octanol–water partition coefficient (Wildman–Crippen LogP) is 4.02. The lowest BCUT2D eigenvalue weighted by Crippen LogP contribution is -2.29. The predicted molar refractivity (Wildman–Crippen MR) is 104 cm³/mol. The molecule has 2 aromatic carbocycles. The number of amides is 2. The highest BCUT2D eigenvalue weighted by Gasteiger charge is 2.17. The Morgan fingerprint density at radius 2 is 1.81 bits per heavy atom. The summed E-state index contributed by atoms with van der Waals surface area (Å²) in [5.74, 6) is -0.325. The van der Waals surface area contributed by atoms with Crippen molar-refractivity contribution in [2.24, 2.45) is 0 Å². The maximum absolute atomic E-state index is 12.4. The van der Waals surface area contributed by atoms with Gasteiger partial charge in [0.05, 0.1) is 12.5 Å². The van der Waals surface area contributed by atoms with E-state index >= 15 is 0 Å². The first-order valence-electron chi connectivity index (χ1n) is 8.23. The second-order valence-corrected chi connectivity index (χ2v) is 6.73. The third-order valence-corrected chi connectivity index (χ3v) is 4.64. The van der Waals surface area contributed by atoms with E-state index in [1.807, 2.05) is 60.0 Å². The van der Waals surface area contributed by atoms with E-state index in [1.54, 1.807) is 17.5 Å². The molecule has 3 rings (SSSR count). The van der Waals surface area contributed by atoms with Crippen LogP contribution in [0.25, 0.3) is 10.6 Å².